The zero-order chi connectivity index (χ0) is 7.52. The third-order valence-electron chi connectivity index (χ3n) is 1.72. The van der Waals surface area contributed by atoms with Crippen LogP contribution in [0.3, 0.4) is 0 Å². The molecule has 2 heteroatoms. The zero-order valence-electron chi connectivity index (χ0n) is 6.05. The standard InChI is InChI=1S/C9H9NO/c1-2-5-8(4-1)9-10-6-3-7-11-9/h1-9H. The average molecular weight is 147 g/mol. The number of hydrogen-bond acceptors (Lipinski definition) is 2. The number of aliphatic imine (C=N–C) groups is 1. The fourth-order valence-corrected chi connectivity index (χ4v) is 1.16. The van der Waals surface area contributed by atoms with Gasteiger partial charge in [0.25, 0.3) is 0 Å². The fraction of sp³-hybridized carbons (Fsp3) is 0.222. The van der Waals surface area contributed by atoms with Crippen LogP contribution in [0.4, 0.5) is 0 Å². The molecule has 0 N–H and O–H groups in total. The van der Waals surface area contributed by atoms with Crippen molar-refractivity contribution < 1.29 is 4.74 Å². The Bertz CT molecular complexity index is 238. The van der Waals surface area contributed by atoms with Gasteiger partial charge in [0.2, 0.25) is 0 Å². The summed E-state index contributed by atoms with van der Waals surface area (Å²) in [5, 5.41) is 0. The van der Waals surface area contributed by atoms with Gasteiger partial charge in [-0.3, -0.25) is 0 Å². The first-order chi connectivity index (χ1) is 5.47. The van der Waals surface area contributed by atoms with Crippen LogP contribution in [-0.2, 0) is 4.74 Å². The Morgan fingerprint density at radius 2 is 1.91 bits per heavy atom. The molecule has 0 amide bonds. The van der Waals surface area contributed by atoms with Crippen LogP contribution >= 0.6 is 0 Å². The second-order valence-corrected chi connectivity index (χ2v) is 2.50. The molecular formula is C9H9NO. The molecule has 0 radical (unpaired) electrons. The van der Waals surface area contributed by atoms with E-state index >= 15 is 0 Å². The van der Waals surface area contributed by atoms with Crippen molar-refractivity contribution in [2.75, 3.05) is 0 Å². The van der Waals surface area contributed by atoms with Crippen LogP contribution in [0.5, 0.6) is 0 Å². The molecule has 1 aliphatic heterocycles. The summed E-state index contributed by atoms with van der Waals surface area (Å²) in [5.74, 6) is 0.316. The van der Waals surface area contributed by atoms with Crippen LogP contribution in [0, 0.1) is 5.92 Å². The van der Waals surface area contributed by atoms with Gasteiger partial charge in [-0.2, -0.15) is 0 Å². The summed E-state index contributed by atoms with van der Waals surface area (Å²) >= 11 is 0. The molecule has 0 saturated heterocycles. The first-order valence-electron chi connectivity index (χ1n) is 3.65. The van der Waals surface area contributed by atoms with E-state index in [1.54, 1.807) is 18.6 Å². The number of nitrogens with zero attached hydrogens (tertiary/aromatic N) is 1. The maximum absolute atomic E-state index is 5.28. The van der Waals surface area contributed by atoms with Crippen molar-refractivity contribution in [2.45, 2.75) is 6.23 Å². The number of ether oxygens (including phenoxy) is 1. The SMILES string of the molecule is C1=COC(C2C=CC=C2)N=C1. The highest BCUT2D eigenvalue weighted by Gasteiger charge is 2.17. The second-order valence-electron chi connectivity index (χ2n) is 2.50. The van der Waals surface area contributed by atoms with Gasteiger partial charge in [0.15, 0.2) is 6.23 Å². The third kappa shape index (κ3) is 1.24. The van der Waals surface area contributed by atoms with Gasteiger partial charge >= 0.3 is 0 Å². The Hall–Kier alpha value is -1.31. The van der Waals surface area contributed by atoms with Crippen molar-refractivity contribution in [3.05, 3.63) is 36.6 Å². The summed E-state index contributed by atoms with van der Waals surface area (Å²) in [6, 6.07) is 0. The Balaban J connectivity index is 2.05. The van der Waals surface area contributed by atoms with Gasteiger partial charge in [-0.15, -0.1) is 0 Å². The molecular weight excluding hydrogens is 138 g/mol. The Morgan fingerprint density at radius 1 is 1.09 bits per heavy atom. The third-order valence-corrected chi connectivity index (χ3v) is 1.72. The highest BCUT2D eigenvalue weighted by atomic mass is 16.5. The molecule has 0 bridgehead atoms. The number of allylic oxidation sites excluding steroid dienone is 3. The van der Waals surface area contributed by atoms with Gasteiger partial charge in [-0.05, 0) is 6.08 Å². The maximum atomic E-state index is 5.28. The molecule has 0 aromatic rings. The normalized spacial score (nSPS) is 27.8. The molecule has 0 fully saturated rings. The highest BCUT2D eigenvalue weighted by Crippen LogP contribution is 2.18. The molecule has 11 heavy (non-hydrogen) atoms. The van der Waals surface area contributed by atoms with Crippen molar-refractivity contribution in [1.82, 2.24) is 0 Å². The van der Waals surface area contributed by atoms with Gasteiger partial charge in [0, 0.05) is 6.21 Å². The number of rotatable bonds is 1. The molecule has 2 nitrogen and oxygen atoms in total. The zero-order valence-corrected chi connectivity index (χ0v) is 6.05. The van der Waals surface area contributed by atoms with Crippen LogP contribution in [0.15, 0.2) is 41.6 Å². The first kappa shape index (κ1) is 6.40. The Morgan fingerprint density at radius 3 is 2.55 bits per heavy atom. The van der Waals surface area contributed by atoms with Crippen molar-refractivity contribution in [3.8, 4) is 0 Å². The van der Waals surface area contributed by atoms with E-state index in [9.17, 15) is 0 Å². The van der Waals surface area contributed by atoms with E-state index < -0.39 is 0 Å². The minimum Gasteiger partial charge on any atom is -0.475 e. The molecule has 2 aliphatic rings. The monoisotopic (exact) mass is 147 g/mol. The van der Waals surface area contributed by atoms with E-state index in [4.69, 9.17) is 4.74 Å². The minimum absolute atomic E-state index is 0.0463. The molecule has 1 unspecified atom stereocenters. The van der Waals surface area contributed by atoms with Crippen LogP contribution in [0.1, 0.15) is 0 Å². The summed E-state index contributed by atoms with van der Waals surface area (Å²) in [6.45, 7) is 0. The molecule has 0 aromatic carbocycles. The van der Waals surface area contributed by atoms with E-state index in [2.05, 4.69) is 17.1 Å². The summed E-state index contributed by atoms with van der Waals surface area (Å²) in [4.78, 5) is 4.17. The van der Waals surface area contributed by atoms with Crippen LogP contribution in [-0.4, -0.2) is 12.4 Å². The van der Waals surface area contributed by atoms with Gasteiger partial charge in [-0.1, -0.05) is 24.3 Å². The lowest BCUT2D eigenvalue weighted by atomic mass is 10.1. The lowest BCUT2D eigenvalue weighted by Gasteiger charge is -2.17. The lowest BCUT2D eigenvalue weighted by molar-refractivity contribution is 0.128. The molecule has 1 heterocycles. The lowest BCUT2D eigenvalue weighted by Crippen LogP contribution is -2.17. The maximum Gasteiger partial charge on any atom is 0.198 e. The van der Waals surface area contributed by atoms with Gasteiger partial charge in [0.05, 0.1) is 12.2 Å². The summed E-state index contributed by atoms with van der Waals surface area (Å²) in [6.07, 6.45) is 13.4. The van der Waals surface area contributed by atoms with E-state index in [-0.39, 0.29) is 6.23 Å². The van der Waals surface area contributed by atoms with Crippen molar-refractivity contribution in [1.29, 1.82) is 0 Å². The number of hydrogen-bond donors (Lipinski definition) is 0. The van der Waals surface area contributed by atoms with E-state index in [1.807, 2.05) is 12.2 Å². The van der Waals surface area contributed by atoms with Crippen molar-refractivity contribution in [3.63, 3.8) is 0 Å². The predicted octanol–water partition coefficient (Wildman–Crippen LogP) is 1.67. The Labute approximate surface area is 65.6 Å². The molecule has 0 spiro atoms. The van der Waals surface area contributed by atoms with Crippen LogP contribution in [0.25, 0.3) is 0 Å². The molecule has 56 valence electrons. The fourth-order valence-electron chi connectivity index (χ4n) is 1.16. The predicted molar refractivity (Wildman–Crippen MR) is 44.3 cm³/mol. The van der Waals surface area contributed by atoms with Crippen molar-refractivity contribution in [2.24, 2.45) is 10.9 Å². The Kier molecular flexibility index (Phi) is 1.60. The van der Waals surface area contributed by atoms with E-state index in [0.717, 1.165) is 0 Å². The van der Waals surface area contributed by atoms with Gasteiger partial charge < -0.3 is 4.74 Å². The molecule has 1 aliphatic carbocycles. The summed E-state index contributed by atoms with van der Waals surface area (Å²) in [7, 11) is 0. The van der Waals surface area contributed by atoms with Gasteiger partial charge in [-0.25, -0.2) is 4.99 Å². The van der Waals surface area contributed by atoms with Gasteiger partial charge in [0.1, 0.15) is 0 Å². The van der Waals surface area contributed by atoms with E-state index in [0.29, 0.717) is 5.92 Å². The highest BCUT2D eigenvalue weighted by molar-refractivity contribution is 5.71. The molecule has 1 atom stereocenters. The minimum atomic E-state index is -0.0463. The molecule has 0 saturated carbocycles. The largest absolute Gasteiger partial charge is 0.475 e. The van der Waals surface area contributed by atoms with Crippen LogP contribution < -0.4 is 0 Å². The van der Waals surface area contributed by atoms with Crippen LogP contribution in [0.2, 0.25) is 0 Å². The topological polar surface area (TPSA) is 21.6 Å². The summed E-state index contributed by atoms with van der Waals surface area (Å²) < 4.78 is 5.28. The summed E-state index contributed by atoms with van der Waals surface area (Å²) in [5.41, 5.74) is 0. The second kappa shape index (κ2) is 2.74. The van der Waals surface area contributed by atoms with E-state index in [1.165, 1.54) is 0 Å². The quantitative estimate of drug-likeness (QED) is 0.552. The smallest absolute Gasteiger partial charge is 0.198 e. The average Bonchev–Trinajstić information content (AvgIpc) is 2.58. The molecule has 2 rings (SSSR count). The first-order valence-corrected chi connectivity index (χ1v) is 3.65. The molecule has 0 aromatic heterocycles. The van der Waals surface area contributed by atoms with Crippen molar-refractivity contribution >= 4 is 6.21 Å².